The molecule has 0 unspecified atom stereocenters. The van der Waals surface area contributed by atoms with Gasteiger partial charge in [0.25, 0.3) is 0 Å². The molecule has 0 bridgehead atoms. The van der Waals surface area contributed by atoms with E-state index in [0.717, 1.165) is 25.7 Å². The molecule has 6 nitrogen and oxygen atoms in total. The second-order valence-electron chi connectivity index (χ2n) is 5.02. The lowest BCUT2D eigenvalue weighted by Gasteiger charge is -2.25. The van der Waals surface area contributed by atoms with Crippen LogP contribution in [0.15, 0.2) is 23.2 Å². The molecule has 1 aromatic heterocycles. The van der Waals surface area contributed by atoms with Gasteiger partial charge in [-0.05, 0) is 43.7 Å². The monoisotopic (exact) mass is 295 g/mol. The van der Waals surface area contributed by atoms with E-state index in [1.807, 2.05) is 6.07 Å². The van der Waals surface area contributed by atoms with Gasteiger partial charge in [-0.2, -0.15) is 5.26 Å². The quantitative estimate of drug-likeness (QED) is 0.854. The van der Waals surface area contributed by atoms with E-state index in [4.69, 9.17) is 5.26 Å². The van der Waals surface area contributed by atoms with Crippen LogP contribution in [0.4, 0.5) is 0 Å². The van der Waals surface area contributed by atoms with Crippen molar-refractivity contribution in [3.63, 3.8) is 0 Å². The molecule has 0 aromatic carbocycles. The Morgan fingerprint density at radius 1 is 1.35 bits per heavy atom. The number of pyridine rings is 1. The van der Waals surface area contributed by atoms with E-state index in [1.54, 1.807) is 0 Å². The van der Waals surface area contributed by atoms with Crippen LogP contribution in [-0.2, 0) is 10.0 Å². The van der Waals surface area contributed by atoms with E-state index in [-0.39, 0.29) is 22.6 Å². The summed E-state index contributed by atoms with van der Waals surface area (Å²) in [4.78, 5) is 3.82. The van der Waals surface area contributed by atoms with Crippen molar-refractivity contribution in [3.05, 3.63) is 24.0 Å². The number of sulfonamides is 1. The third kappa shape index (κ3) is 3.76. The fourth-order valence-corrected chi connectivity index (χ4v) is 3.33. The highest BCUT2D eigenvalue weighted by Gasteiger charge is 2.22. The van der Waals surface area contributed by atoms with Gasteiger partial charge in [0.1, 0.15) is 16.7 Å². The summed E-state index contributed by atoms with van der Waals surface area (Å²) in [7, 11) is -3.58. The lowest BCUT2D eigenvalue weighted by atomic mass is 9.88. The van der Waals surface area contributed by atoms with Gasteiger partial charge in [-0.1, -0.05) is 0 Å². The van der Waals surface area contributed by atoms with Gasteiger partial charge in [-0.15, -0.1) is 0 Å². The molecule has 0 atom stereocenters. The van der Waals surface area contributed by atoms with Crippen molar-refractivity contribution in [1.82, 2.24) is 9.71 Å². The highest BCUT2D eigenvalue weighted by molar-refractivity contribution is 7.89. The first-order valence-corrected chi connectivity index (χ1v) is 8.03. The minimum Gasteiger partial charge on any atom is -0.393 e. The third-order valence-corrected chi connectivity index (χ3v) is 4.95. The summed E-state index contributed by atoms with van der Waals surface area (Å²) in [5, 5.41) is 18.0. The van der Waals surface area contributed by atoms with Crippen LogP contribution in [0, 0.1) is 17.2 Å². The van der Waals surface area contributed by atoms with Gasteiger partial charge in [0.2, 0.25) is 10.0 Å². The van der Waals surface area contributed by atoms with Gasteiger partial charge in [-0.25, -0.2) is 18.1 Å². The van der Waals surface area contributed by atoms with Crippen LogP contribution in [0.3, 0.4) is 0 Å². The second-order valence-corrected chi connectivity index (χ2v) is 6.78. The van der Waals surface area contributed by atoms with Crippen molar-refractivity contribution in [2.24, 2.45) is 5.92 Å². The number of aromatic nitrogens is 1. The molecule has 1 aliphatic rings. The molecule has 108 valence electrons. The van der Waals surface area contributed by atoms with Crippen molar-refractivity contribution in [1.29, 1.82) is 5.26 Å². The maximum Gasteiger partial charge on any atom is 0.242 e. The zero-order valence-electron chi connectivity index (χ0n) is 11.0. The summed E-state index contributed by atoms with van der Waals surface area (Å²) in [6.45, 7) is 0.370. The number of hydrogen-bond acceptors (Lipinski definition) is 5. The molecule has 20 heavy (non-hydrogen) atoms. The van der Waals surface area contributed by atoms with Gasteiger partial charge in [-0.3, -0.25) is 0 Å². The average Bonchev–Trinajstić information content (AvgIpc) is 2.47. The lowest BCUT2D eigenvalue weighted by Crippen LogP contribution is -2.32. The molecule has 7 heteroatoms. The largest absolute Gasteiger partial charge is 0.393 e. The Kier molecular flexibility index (Phi) is 4.70. The van der Waals surface area contributed by atoms with Crippen LogP contribution in [0.1, 0.15) is 31.4 Å². The summed E-state index contributed by atoms with van der Waals surface area (Å²) in [6, 6.07) is 4.60. The van der Waals surface area contributed by atoms with Crippen LogP contribution in [0.25, 0.3) is 0 Å². The van der Waals surface area contributed by atoms with Gasteiger partial charge >= 0.3 is 0 Å². The molecular weight excluding hydrogens is 278 g/mol. The molecule has 0 aliphatic heterocycles. The van der Waals surface area contributed by atoms with Crippen molar-refractivity contribution < 1.29 is 13.5 Å². The Morgan fingerprint density at radius 3 is 2.60 bits per heavy atom. The maximum absolute atomic E-state index is 12.1. The number of nitrogens with one attached hydrogen (secondary N) is 1. The Morgan fingerprint density at radius 2 is 2.05 bits per heavy atom. The van der Waals surface area contributed by atoms with Crippen molar-refractivity contribution >= 4 is 10.0 Å². The number of aliphatic hydroxyl groups is 1. The molecule has 1 aliphatic carbocycles. The lowest BCUT2D eigenvalue weighted by molar-refractivity contribution is 0.109. The van der Waals surface area contributed by atoms with Crippen LogP contribution in [0.2, 0.25) is 0 Å². The molecule has 0 saturated heterocycles. The van der Waals surface area contributed by atoms with Crippen LogP contribution in [-0.4, -0.2) is 31.2 Å². The molecule has 1 fully saturated rings. The first kappa shape index (κ1) is 14.9. The number of rotatable bonds is 4. The Hall–Kier alpha value is -1.49. The van der Waals surface area contributed by atoms with E-state index in [2.05, 4.69) is 9.71 Å². The molecule has 2 N–H and O–H groups in total. The fourth-order valence-electron chi connectivity index (χ4n) is 2.27. The first-order chi connectivity index (χ1) is 9.51. The first-order valence-electron chi connectivity index (χ1n) is 6.55. The normalized spacial score (nSPS) is 23.2. The minimum absolute atomic E-state index is 0.0624. The number of hydrogen-bond donors (Lipinski definition) is 2. The highest BCUT2D eigenvalue weighted by atomic mass is 32.2. The van der Waals surface area contributed by atoms with E-state index < -0.39 is 10.0 Å². The van der Waals surface area contributed by atoms with E-state index >= 15 is 0 Å². The van der Waals surface area contributed by atoms with E-state index in [9.17, 15) is 13.5 Å². The van der Waals surface area contributed by atoms with Crippen LogP contribution >= 0.6 is 0 Å². The van der Waals surface area contributed by atoms with Gasteiger partial charge in [0.15, 0.2) is 0 Å². The molecule has 0 amide bonds. The smallest absolute Gasteiger partial charge is 0.242 e. The molecule has 1 heterocycles. The Labute approximate surface area is 118 Å². The maximum atomic E-state index is 12.1. The number of nitriles is 1. The standard InChI is InChI=1S/C13H17N3O3S/c14-7-11-3-6-13(9-15-11)20(18,19)16-8-10-1-4-12(17)5-2-10/h3,6,9-10,12,16-17H,1-2,4-5,8H2. The number of aliphatic hydroxyl groups excluding tert-OH is 1. The summed E-state index contributed by atoms with van der Waals surface area (Å²) in [6.07, 6.45) is 4.05. The summed E-state index contributed by atoms with van der Waals surface area (Å²) < 4.78 is 26.7. The van der Waals surface area contributed by atoms with Gasteiger partial charge in [0.05, 0.1) is 6.10 Å². The Balaban J connectivity index is 1.95. The predicted octanol–water partition coefficient (Wildman–Crippen LogP) is 0.783. The van der Waals surface area contributed by atoms with Gasteiger partial charge < -0.3 is 5.11 Å². The third-order valence-electron chi connectivity index (χ3n) is 3.54. The van der Waals surface area contributed by atoms with E-state index in [1.165, 1.54) is 18.3 Å². The summed E-state index contributed by atoms with van der Waals surface area (Å²) in [5.41, 5.74) is 0.185. The van der Waals surface area contributed by atoms with Gasteiger partial charge in [0, 0.05) is 12.7 Å². The zero-order chi connectivity index (χ0) is 14.6. The molecule has 1 aromatic rings. The summed E-state index contributed by atoms with van der Waals surface area (Å²) in [5.74, 6) is 0.263. The van der Waals surface area contributed by atoms with Crippen LogP contribution in [0.5, 0.6) is 0 Å². The van der Waals surface area contributed by atoms with Crippen molar-refractivity contribution in [3.8, 4) is 6.07 Å². The van der Waals surface area contributed by atoms with Crippen molar-refractivity contribution in [2.75, 3.05) is 6.54 Å². The second kappa shape index (κ2) is 6.31. The predicted molar refractivity (Wildman–Crippen MR) is 72.1 cm³/mol. The molecule has 0 spiro atoms. The molecular formula is C13H17N3O3S. The molecule has 2 rings (SSSR count). The fraction of sp³-hybridized carbons (Fsp3) is 0.538. The average molecular weight is 295 g/mol. The SMILES string of the molecule is N#Cc1ccc(S(=O)(=O)NCC2CCC(O)CC2)cn1. The number of nitrogens with zero attached hydrogens (tertiary/aromatic N) is 2. The molecule has 1 saturated carbocycles. The summed E-state index contributed by atoms with van der Waals surface area (Å²) >= 11 is 0. The zero-order valence-corrected chi connectivity index (χ0v) is 11.8. The van der Waals surface area contributed by atoms with Crippen molar-refractivity contribution in [2.45, 2.75) is 36.7 Å². The topological polar surface area (TPSA) is 103 Å². The Bertz CT molecular complexity index is 584. The minimum atomic E-state index is -3.58. The van der Waals surface area contributed by atoms with E-state index in [0.29, 0.717) is 6.54 Å². The highest BCUT2D eigenvalue weighted by Crippen LogP contribution is 2.23. The van der Waals surface area contributed by atoms with Crippen LogP contribution < -0.4 is 4.72 Å². The molecule has 0 radical (unpaired) electrons.